The van der Waals surface area contributed by atoms with Crippen molar-refractivity contribution in [2.45, 2.75) is 13.1 Å². The van der Waals surface area contributed by atoms with Crippen molar-refractivity contribution < 1.29 is 22.8 Å². The highest BCUT2D eigenvalue weighted by molar-refractivity contribution is 7.21. The average molecular weight is 461 g/mol. The first kappa shape index (κ1) is 21.0. The van der Waals surface area contributed by atoms with Crippen LogP contribution in [0, 0.1) is 6.92 Å². The van der Waals surface area contributed by atoms with Crippen LogP contribution in [0.2, 0.25) is 0 Å². The van der Waals surface area contributed by atoms with E-state index in [1.54, 1.807) is 23.6 Å². The normalized spacial score (nSPS) is 11.6. The molecule has 0 unspecified atom stereocenters. The number of benzene rings is 1. The van der Waals surface area contributed by atoms with E-state index in [4.69, 9.17) is 5.73 Å². The number of nitrogens with one attached hydrogen (secondary N) is 1. The van der Waals surface area contributed by atoms with Crippen LogP contribution in [-0.4, -0.2) is 16.7 Å². The Morgan fingerprint density at radius 2 is 1.87 bits per heavy atom. The first-order chi connectivity index (χ1) is 14.7. The molecule has 158 valence electrons. The Morgan fingerprint density at radius 3 is 2.52 bits per heavy atom. The summed E-state index contributed by atoms with van der Waals surface area (Å²) < 4.78 is 41.0. The number of nitrogen functional groups attached to an aromatic ring is 1. The Bertz CT molecular complexity index is 1310. The van der Waals surface area contributed by atoms with E-state index < -0.39 is 29.1 Å². The number of carbonyl (C=O) groups is 2. The van der Waals surface area contributed by atoms with Gasteiger partial charge in [0.1, 0.15) is 9.71 Å². The molecule has 0 spiro atoms. The van der Waals surface area contributed by atoms with Gasteiger partial charge in [-0.05, 0) is 36.1 Å². The fourth-order valence-electron chi connectivity index (χ4n) is 3.03. The van der Waals surface area contributed by atoms with Crippen LogP contribution in [0.5, 0.6) is 0 Å². The van der Waals surface area contributed by atoms with Gasteiger partial charge in [-0.1, -0.05) is 24.3 Å². The van der Waals surface area contributed by atoms with Gasteiger partial charge in [0.2, 0.25) is 5.78 Å². The van der Waals surface area contributed by atoms with Crippen LogP contribution >= 0.6 is 22.7 Å². The topological polar surface area (TPSA) is 85.1 Å². The van der Waals surface area contributed by atoms with Crippen molar-refractivity contribution in [2.75, 3.05) is 11.1 Å². The minimum absolute atomic E-state index is 0.0208. The Morgan fingerprint density at radius 1 is 1.13 bits per heavy atom. The predicted molar refractivity (Wildman–Crippen MR) is 116 cm³/mol. The standard InChI is InChI=1S/C21H14F3N3O2S2/c1-10-5-2-3-6-13(10)26-19(29)17-15(25)11-9-12(16(28)14-7-4-8-30-14)18(21(22,23)24)27-20(11)31-17/h2-9H,25H2,1H3,(H,26,29). The number of hydrogen-bond donors (Lipinski definition) is 2. The minimum Gasteiger partial charge on any atom is -0.397 e. The van der Waals surface area contributed by atoms with Crippen molar-refractivity contribution >= 4 is 56.0 Å². The highest BCUT2D eigenvalue weighted by Gasteiger charge is 2.38. The van der Waals surface area contributed by atoms with E-state index in [1.807, 2.05) is 19.1 Å². The maximum absolute atomic E-state index is 13.7. The molecule has 0 bridgehead atoms. The van der Waals surface area contributed by atoms with Crippen LogP contribution in [-0.2, 0) is 6.18 Å². The van der Waals surface area contributed by atoms with Crippen LogP contribution in [0.3, 0.4) is 0 Å². The highest BCUT2D eigenvalue weighted by Crippen LogP contribution is 2.39. The summed E-state index contributed by atoms with van der Waals surface area (Å²) in [6.07, 6.45) is -4.85. The monoisotopic (exact) mass is 461 g/mol. The lowest BCUT2D eigenvalue weighted by molar-refractivity contribution is -0.141. The molecule has 1 aromatic carbocycles. The Hall–Kier alpha value is -3.24. The Kier molecular flexibility index (Phi) is 5.28. The molecule has 3 aromatic heterocycles. The fraction of sp³-hybridized carbons (Fsp3) is 0.0952. The van der Waals surface area contributed by atoms with E-state index in [0.29, 0.717) is 5.69 Å². The molecule has 3 heterocycles. The smallest absolute Gasteiger partial charge is 0.397 e. The highest BCUT2D eigenvalue weighted by atomic mass is 32.1. The molecule has 4 aromatic rings. The number of aryl methyl sites for hydroxylation is 1. The quantitative estimate of drug-likeness (QED) is 0.379. The lowest BCUT2D eigenvalue weighted by Crippen LogP contribution is -2.15. The number of halogens is 3. The molecule has 3 N–H and O–H groups in total. The minimum atomic E-state index is -4.85. The molecule has 0 aliphatic carbocycles. The number of ketones is 1. The molecular formula is C21H14F3N3O2S2. The van der Waals surface area contributed by atoms with Crippen LogP contribution in [0.15, 0.2) is 47.8 Å². The molecule has 1 amide bonds. The van der Waals surface area contributed by atoms with Gasteiger partial charge in [0.05, 0.1) is 16.1 Å². The molecule has 4 rings (SSSR count). The number of aromatic nitrogens is 1. The zero-order chi connectivity index (χ0) is 22.3. The van der Waals surface area contributed by atoms with Crippen molar-refractivity contribution in [1.82, 2.24) is 4.98 Å². The molecule has 0 saturated heterocycles. The van der Waals surface area contributed by atoms with Gasteiger partial charge in [0, 0.05) is 11.1 Å². The van der Waals surface area contributed by atoms with E-state index in [0.717, 1.165) is 34.3 Å². The van der Waals surface area contributed by atoms with Crippen molar-refractivity contribution in [3.8, 4) is 0 Å². The zero-order valence-electron chi connectivity index (χ0n) is 15.9. The van der Waals surface area contributed by atoms with Gasteiger partial charge in [0.25, 0.3) is 5.91 Å². The second-order valence-corrected chi connectivity index (χ2v) is 8.60. The Labute approximate surface area is 182 Å². The molecule has 0 aliphatic rings. The second-order valence-electron chi connectivity index (χ2n) is 6.66. The van der Waals surface area contributed by atoms with Gasteiger partial charge >= 0.3 is 6.18 Å². The molecular weight excluding hydrogens is 447 g/mol. The fourth-order valence-corrected chi connectivity index (χ4v) is 4.68. The van der Waals surface area contributed by atoms with Gasteiger partial charge in [-0.25, -0.2) is 4.98 Å². The molecule has 0 aliphatic heterocycles. The number of rotatable bonds is 4. The van der Waals surface area contributed by atoms with Gasteiger partial charge < -0.3 is 11.1 Å². The first-order valence-electron chi connectivity index (χ1n) is 8.92. The number of fused-ring (bicyclic) bond motifs is 1. The number of nitrogens with zero attached hydrogens (tertiary/aromatic N) is 1. The van der Waals surface area contributed by atoms with Crippen LogP contribution in [0.1, 0.15) is 36.2 Å². The number of alkyl halides is 3. The van der Waals surface area contributed by atoms with Gasteiger partial charge in [-0.15, -0.1) is 22.7 Å². The first-order valence-corrected chi connectivity index (χ1v) is 10.6. The van der Waals surface area contributed by atoms with Crippen LogP contribution in [0.4, 0.5) is 24.5 Å². The SMILES string of the molecule is Cc1ccccc1NC(=O)c1sc2nc(C(F)(F)F)c(C(=O)c3cccs3)cc2c1N. The van der Waals surface area contributed by atoms with Crippen molar-refractivity contribution in [1.29, 1.82) is 0 Å². The average Bonchev–Trinajstić information content (AvgIpc) is 3.36. The molecule has 0 radical (unpaired) electrons. The number of amides is 1. The molecule has 31 heavy (non-hydrogen) atoms. The summed E-state index contributed by atoms with van der Waals surface area (Å²) in [7, 11) is 0. The predicted octanol–water partition coefficient (Wildman–Crippen LogP) is 5.75. The van der Waals surface area contributed by atoms with E-state index in [9.17, 15) is 22.8 Å². The number of anilines is 2. The molecule has 0 atom stereocenters. The lowest BCUT2D eigenvalue weighted by atomic mass is 10.1. The number of carbonyl (C=O) groups excluding carboxylic acids is 2. The van der Waals surface area contributed by atoms with Gasteiger partial charge in [-0.3, -0.25) is 9.59 Å². The van der Waals surface area contributed by atoms with E-state index in [-0.39, 0.29) is 25.7 Å². The third kappa shape index (κ3) is 3.91. The summed E-state index contributed by atoms with van der Waals surface area (Å²) in [5, 5.41) is 4.44. The van der Waals surface area contributed by atoms with Crippen LogP contribution in [0.25, 0.3) is 10.2 Å². The van der Waals surface area contributed by atoms with Crippen LogP contribution < -0.4 is 11.1 Å². The summed E-state index contributed by atoms with van der Waals surface area (Å²) in [6.45, 7) is 1.81. The number of para-hydroxylation sites is 1. The van der Waals surface area contributed by atoms with Crippen molar-refractivity contribution in [3.63, 3.8) is 0 Å². The summed E-state index contributed by atoms with van der Waals surface area (Å²) >= 11 is 1.78. The summed E-state index contributed by atoms with van der Waals surface area (Å²) in [4.78, 5) is 29.2. The third-order valence-corrected chi connectivity index (χ3v) is 6.56. The van der Waals surface area contributed by atoms with Gasteiger partial charge in [0.15, 0.2) is 5.69 Å². The molecule has 10 heteroatoms. The third-order valence-electron chi connectivity index (χ3n) is 4.58. The summed E-state index contributed by atoms with van der Waals surface area (Å²) in [5.74, 6) is -1.36. The number of nitrogens with two attached hydrogens (primary N) is 1. The van der Waals surface area contributed by atoms with Crippen molar-refractivity contribution in [3.05, 3.63) is 74.4 Å². The Balaban J connectivity index is 1.82. The number of hydrogen-bond acceptors (Lipinski definition) is 6. The summed E-state index contributed by atoms with van der Waals surface area (Å²) in [6, 6.07) is 11.2. The zero-order valence-corrected chi connectivity index (χ0v) is 17.5. The largest absolute Gasteiger partial charge is 0.434 e. The second kappa shape index (κ2) is 7.78. The maximum Gasteiger partial charge on any atom is 0.434 e. The van der Waals surface area contributed by atoms with Crippen molar-refractivity contribution in [2.24, 2.45) is 0 Å². The summed E-state index contributed by atoms with van der Waals surface area (Å²) in [5.41, 5.74) is 5.55. The van der Waals surface area contributed by atoms with E-state index in [1.165, 1.54) is 6.07 Å². The maximum atomic E-state index is 13.7. The molecule has 0 saturated carbocycles. The number of pyridine rings is 1. The molecule has 0 fully saturated rings. The molecule has 5 nitrogen and oxygen atoms in total. The van der Waals surface area contributed by atoms with E-state index >= 15 is 0 Å². The van der Waals surface area contributed by atoms with Gasteiger partial charge in [-0.2, -0.15) is 13.2 Å². The lowest BCUT2D eigenvalue weighted by Gasteiger charge is -2.11. The van der Waals surface area contributed by atoms with E-state index in [2.05, 4.69) is 10.3 Å². The number of thiophene rings is 2.